The molecule has 0 radical (unpaired) electrons. The normalized spacial score (nSPS) is 7.50. The largest absolute Gasteiger partial charge is 0.503 e. The second-order valence-corrected chi connectivity index (χ2v) is 1.06. The lowest BCUT2D eigenvalue weighted by atomic mass is 11.5. The average molecular weight is 264 g/mol. The van der Waals surface area contributed by atoms with Crippen molar-refractivity contribution in [1.29, 1.82) is 0 Å². The van der Waals surface area contributed by atoms with Gasteiger partial charge in [0.2, 0.25) is 0 Å². The minimum Gasteiger partial charge on any atom is -0.450 e. The molecule has 0 spiro atoms. The van der Waals surface area contributed by atoms with Crippen molar-refractivity contribution in [1.82, 2.24) is 0 Å². The lowest BCUT2D eigenvalue weighted by Gasteiger charge is -1.65. The molecule has 12 heteroatoms. The van der Waals surface area contributed by atoms with Gasteiger partial charge in [0.25, 0.3) is 0 Å². The summed E-state index contributed by atoms with van der Waals surface area (Å²) in [6.07, 6.45) is -3.67. The summed E-state index contributed by atoms with van der Waals surface area (Å²) in [5.74, 6) is 0. The van der Waals surface area contributed by atoms with E-state index in [4.69, 9.17) is 30.0 Å². The molecule has 0 saturated carbocycles. The quantitative estimate of drug-likeness (QED) is 0.500. The molecular formula is C4H6F6O6. The zero-order valence-corrected chi connectivity index (χ0v) is 7.03. The molecule has 6 nitrogen and oxygen atoms in total. The van der Waals surface area contributed by atoms with Gasteiger partial charge < -0.3 is 20.4 Å². The van der Waals surface area contributed by atoms with Crippen molar-refractivity contribution in [3.8, 4) is 0 Å². The molecule has 0 unspecified atom stereocenters. The van der Waals surface area contributed by atoms with Crippen LogP contribution < -0.4 is 0 Å². The first-order valence-corrected chi connectivity index (χ1v) is 2.61. The molecule has 0 heterocycles. The molecule has 0 bridgehead atoms. The smallest absolute Gasteiger partial charge is 0.450 e. The highest BCUT2D eigenvalue weighted by Gasteiger charge is 1.86. The van der Waals surface area contributed by atoms with Gasteiger partial charge >= 0.3 is 25.7 Å². The molecule has 100 valence electrons. The molecule has 0 atom stereocenters. The number of halogens is 6. The number of hydrogen-bond donors (Lipinski definition) is 4. The van der Waals surface area contributed by atoms with E-state index in [-0.39, 0.29) is 0 Å². The minimum absolute atomic E-state index is 1.83. The molecule has 0 aliphatic rings. The van der Waals surface area contributed by atoms with E-state index in [0.717, 1.165) is 0 Å². The SMILES string of the molecule is FC(F)F.FC(F)F.O=C(O)O.O=C(O)O. The number of rotatable bonds is 0. The van der Waals surface area contributed by atoms with Crippen molar-refractivity contribution >= 4 is 12.3 Å². The summed E-state index contributed by atoms with van der Waals surface area (Å²) in [5.41, 5.74) is 0. The van der Waals surface area contributed by atoms with Crippen LogP contribution in [0.15, 0.2) is 0 Å². The van der Waals surface area contributed by atoms with E-state index < -0.39 is 25.7 Å². The minimum atomic E-state index is -3.67. The second kappa shape index (κ2) is 18.8. The third-order valence-corrected chi connectivity index (χ3v) is 0. The van der Waals surface area contributed by atoms with Gasteiger partial charge in [0.15, 0.2) is 0 Å². The van der Waals surface area contributed by atoms with Crippen molar-refractivity contribution in [2.24, 2.45) is 0 Å². The van der Waals surface area contributed by atoms with Gasteiger partial charge in [0.05, 0.1) is 0 Å². The van der Waals surface area contributed by atoms with Gasteiger partial charge in [0, 0.05) is 0 Å². The molecule has 0 aliphatic carbocycles. The van der Waals surface area contributed by atoms with Crippen LogP contribution in [0.2, 0.25) is 0 Å². The maximum absolute atomic E-state index is 9.67. The molecule has 0 aromatic carbocycles. The van der Waals surface area contributed by atoms with Crippen LogP contribution in [0.3, 0.4) is 0 Å². The van der Waals surface area contributed by atoms with E-state index in [1.54, 1.807) is 0 Å². The molecule has 0 aromatic heterocycles. The molecule has 16 heavy (non-hydrogen) atoms. The highest BCUT2D eigenvalue weighted by Crippen LogP contribution is 1.87. The number of carbonyl (C=O) groups is 2. The fourth-order valence-corrected chi connectivity index (χ4v) is 0. The van der Waals surface area contributed by atoms with Gasteiger partial charge in [-0.05, 0) is 0 Å². The van der Waals surface area contributed by atoms with Crippen molar-refractivity contribution in [2.45, 2.75) is 13.4 Å². The Bertz CT molecular complexity index is 132. The maximum atomic E-state index is 9.67. The molecule has 0 amide bonds. The van der Waals surface area contributed by atoms with Gasteiger partial charge in [0.1, 0.15) is 0 Å². The van der Waals surface area contributed by atoms with Crippen molar-refractivity contribution < 1.29 is 56.4 Å². The molecule has 0 rings (SSSR count). The molecule has 0 aromatic rings. The third kappa shape index (κ3) is 424. The fraction of sp³-hybridized carbons (Fsp3) is 0.500. The van der Waals surface area contributed by atoms with Gasteiger partial charge in [-0.25, -0.2) is 9.59 Å². The van der Waals surface area contributed by atoms with E-state index in [9.17, 15) is 26.3 Å². The van der Waals surface area contributed by atoms with E-state index in [1.807, 2.05) is 0 Å². The predicted molar refractivity (Wildman–Crippen MR) is 35.5 cm³/mol. The highest BCUT2D eigenvalue weighted by atomic mass is 19.4. The molecule has 0 saturated heterocycles. The summed E-state index contributed by atoms with van der Waals surface area (Å²) < 4.78 is 58.0. The first-order chi connectivity index (χ1) is 6.93. The van der Waals surface area contributed by atoms with Crippen LogP contribution in [0.1, 0.15) is 0 Å². The summed E-state index contributed by atoms with van der Waals surface area (Å²) >= 11 is 0. The van der Waals surface area contributed by atoms with Gasteiger partial charge in [-0.2, -0.15) is 26.3 Å². The zero-order valence-electron chi connectivity index (χ0n) is 7.03. The van der Waals surface area contributed by atoms with E-state index in [1.165, 1.54) is 0 Å². The lowest BCUT2D eigenvalue weighted by molar-refractivity contribution is 0.00734. The van der Waals surface area contributed by atoms with E-state index in [2.05, 4.69) is 0 Å². The van der Waals surface area contributed by atoms with Crippen molar-refractivity contribution in [2.75, 3.05) is 0 Å². The summed E-state index contributed by atoms with van der Waals surface area (Å²) in [7, 11) is 0. The van der Waals surface area contributed by atoms with Gasteiger partial charge in [-0.15, -0.1) is 0 Å². The molecular weight excluding hydrogens is 258 g/mol. The van der Waals surface area contributed by atoms with Crippen LogP contribution in [0.5, 0.6) is 0 Å². The maximum Gasteiger partial charge on any atom is 0.503 e. The Balaban J connectivity index is -0.0000000600. The summed E-state index contributed by atoms with van der Waals surface area (Å²) in [6, 6.07) is 0. The Labute approximate surface area is 83.3 Å². The van der Waals surface area contributed by atoms with Crippen LogP contribution in [0, 0.1) is 0 Å². The Hall–Kier alpha value is -1.88. The van der Waals surface area contributed by atoms with Crippen LogP contribution in [0.25, 0.3) is 0 Å². The topological polar surface area (TPSA) is 115 Å². The van der Waals surface area contributed by atoms with Crippen LogP contribution in [-0.2, 0) is 0 Å². The number of hydrogen-bond acceptors (Lipinski definition) is 2. The second-order valence-electron chi connectivity index (χ2n) is 1.06. The third-order valence-electron chi connectivity index (χ3n) is 0. The summed E-state index contributed by atoms with van der Waals surface area (Å²) in [5, 5.41) is 27.9. The molecule has 4 N–H and O–H groups in total. The molecule has 0 fully saturated rings. The van der Waals surface area contributed by atoms with Crippen LogP contribution >= 0.6 is 0 Å². The first kappa shape index (κ1) is 23.7. The van der Waals surface area contributed by atoms with Gasteiger partial charge in [-0.1, -0.05) is 0 Å². The van der Waals surface area contributed by atoms with Crippen molar-refractivity contribution in [3.05, 3.63) is 0 Å². The standard InChI is InChI=1S/2CHF3.2CH2O3/c4*2-1(3)4/h2*1H;2*(H2,2,3,4). The predicted octanol–water partition coefficient (Wildman–Crippen LogP) is 2.80. The Morgan fingerprint density at radius 3 is 0.625 bits per heavy atom. The summed E-state index contributed by atoms with van der Waals surface area (Å²) in [4.78, 5) is 17.1. The fourth-order valence-electron chi connectivity index (χ4n) is 0. The van der Waals surface area contributed by atoms with Crippen LogP contribution in [0.4, 0.5) is 35.9 Å². The van der Waals surface area contributed by atoms with E-state index >= 15 is 0 Å². The van der Waals surface area contributed by atoms with Crippen molar-refractivity contribution in [3.63, 3.8) is 0 Å². The van der Waals surface area contributed by atoms with Crippen LogP contribution in [-0.4, -0.2) is 46.1 Å². The lowest BCUT2D eigenvalue weighted by Crippen LogP contribution is -1.81. The first-order valence-electron chi connectivity index (χ1n) is 2.61. The van der Waals surface area contributed by atoms with E-state index in [0.29, 0.717) is 0 Å². The average Bonchev–Trinajstić information content (AvgIpc) is 1.76. The summed E-state index contributed by atoms with van der Waals surface area (Å²) in [6.45, 7) is -7.33. The van der Waals surface area contributed by atoms with Gasteiger partial charge in [-0.3, -0.25) is 0 Å². The Morgan fingerprint density at radius 1 is 0.625 bits per heavy atom. The Morgan fingerprint density at radius 2 is 0.625 bits per heavy atom. The molecule has 0 aliphatic heterocycles. The highest BCUT2D eigenvalue weighted by molar-refractivity contribution is 5.53. The monoisotopic (exact) mass is 264 g/mol. The zero-order chi connectivity index (χ0) is 14.3. The Kier molecular flexibility index (Phi) is 27.9. The number of carboxylic acid groups (broad SMARTS) is 4. The number of alkyl halides is 6.